The molecule has 3 aromatic carbocycles. The molecule has 176 valence electrons. The smallest absolute Gasteiger partial charge is 0.223 e. The quantitative estimate of drug-likeness (QED) is 0.434. The zero-order valence-corrected chi connectivity index (χ0v) is 19.6. The van der Waals surface area contributed by atoms with E-state index < -0.39 is 0 Å². The fourth-order valence-electron chi connectivity index (χ4n) is 5.09. The number of piperidine rings is 1. The maximum atomic E-state index is 13.6. The number of halogens is 2. The molecule has 2 aliphatic rings. The Bertz CT molecular complexity index is 1140. The molecule has 7 heteroatoms. The van der Waals surface area contributed by atoms with Gasteiger partial charge in [-0.2, -0.15) is 0 Å². The standard InChI is InChI=1S/C27H28ClFN4O/c1-16-2-6-18(7-3-16)23-14-22(27(34)30-15-17-4-12-21(29)13-5-17)24-25(32-33-26(24)31-23)19-8-10-20(28)11-9-19/h2-13,22-26,31-33H,14-15H2,1H3,(H,30,34). The summed E-state index contributed by atoms with van der Waals surface area (Å²) in [5.41, 5.74) is 11.1. The van der Waals surface area contributed by atoms with Gasteiger partial charge in [-0.15, -0.1) is 0 Å². The summed E-state index contributed by atoms with van der Waals surface area (Å²) in [5.74, 6) is -0.522. The van der Waals surface area contributed by atoms with Crippen molar-refractivity contribution in [3.8, 4) is 0 Å². The van der Waals surface area contributed by atoms with Gasteiger partial charge in [0.1, 0.15) is 5.82 Å². The van der Waals surface area contributed by atoms with E-state index in [1.54, 1.807) is 12.1 Å². The zero-order chi connectivity index (χ0) is 23.7. The third-order valence-corrected chi connectivity index (χ3v) is 7.18. The van der Waals surface area contributed by atoms with Gasteiger partial charge in [0, 0.05) is 29.4 Å². The van der Waals surface area contributed by atoms with Crippen LogP contribution in [0.25, 0.3) is 0 Å². The van der Waals surface area contributed by atoms with Crippen LogP contribution in [0, 0.1) is 24.6 Å². The molecule has 2 fully saturated rings. The van der Waals surface area contributed by atoms with Gasteiger partial charge in [0.05, 0.1) is 12.2 Å². The minimum atomic E-state index is -0.286. The van der Waals surface area contributed by atoms with Crippen LogP contribution in [0.2, 0.25) is 5.02 Å². The molecule has 2 heterocycles. The molecule has 0 aliphatic carbocycles. The number of hydrogen-bond acceptors (Lipinski definition) is 4. The summed E-state index contributed by atoms with van der Waals surface area (Å²) >= 11 is 6.11. The van der Waals surface area contributed by atoms with E-state index in [1.807, 2.05) is 24.3 Å². The van der Waals surface area contributed by atoms with E-state index in [4.69, 9.17) is 11.6 Å². The molecule has 2 saturated heterocycles. The van der Waals surface area contributed by atoms with Crippen molar-refractivity contribution in [2.45, 2.75) is 38.1 Å². The number of hydrogen-bond donors (Lipinski definition) is 4. The van der Waals surface area contributed by atoms with E-state index in [9.17, 15) is 9.18 Å². The van der Waals surface area contributed by atoms with Crippen LogP contribution in [0.3, 0.4) is 0 Å². The topological polar surface area (TPSA) is 65.2 Å². The molecule has 3 aromatic rings. The van der Waals surface area contributed by atoms with Crippen molar-refractivity contribution in [1.82, 2.24) is 21.5 Å². The molecule has 34 heavy (non-hydrogen) atoms. The molecule has 5 rings (SSSR count). The van der Waals surface area contributed by atoms with Crippen LogP contribution >= 0.6 is 11.6 Å². The van der Waals surface area contributed by atoms with Crippen LogP contribution in [-0.2, 0) is 11.3 Å². The van der Waals surface area contributed by atoms with Gasteiger partial charge in [-0.25, -0.2) is 15.2 Å². The lowest BCUT2D eigenvalue weighted by Crippen LogP contribution is -2.54. The zero-order valence-electron chi connectivity index (χ0n) is 18.9. The highest BCUT2D eigenvalue weighted by atomic mass is 35.5. The largest absolute Gasteiger partial charge is 0.352 e. The molecule has 1 amide bonds. The number of nitrogens with one attached hydrogen (secondary N) is 4. The van der Waals surface area contributed by atoms with Crippen LogP contribution in [0.1, 0.15) is 40.8 Å². The van der Waals surface area contributed by atoms with Gasteiger partial charge < -0.3 is 5.32 Å². The molecule has 0 saturated carbocycles. The summed E-state index contributed by atoms with van der Waals surface area (Å²) in [4.78, 5) is 13.6. The van der Waals surface area contributed by atoms with E-state index >= 15 is 0 Å². The Morgan fingerprint density at radius 2 is 1.65 bits per heavy atom. The second kappa shape index (κ2) is 9.84. The predicted molar refractivity (Wildman–Crippen MR) is 131 cm³/mol. The lowest BCUT2D eigenvalue weighted by atomic mass is 9.74. The lowest BCUT2D eigenvalue weighted by molar-refractivity contribution is -0.129. The first-order chi connectivity index (χ1) is 16.5. The summed E-state index contributed by atoms with van der Waals surface area (Å²) in [6.45, 7) is 2.43. The average Bonchev–Trinajstić information content (AvgIpc) is 3.28. The molecule has 5 nitrogen and oxygen atoms in total. The van der Waals surface area contributed by atoms with Crippen molar-refractivity contribution < 1.29 is 9.18 Å². The highest BCUT2D eigenvalue weighted by molar-refractivity contribution is 6.30. The van der Waals surface area contributed by atoms with Gasteiger partial charge in [0.15, 0.2) is 0 Å². The van der Waals surface area contributed by atoms with Gasteiger partial charge in [0.25, 0.3) is 0 Å². The molecule has 0 aromatic heterocycles. The van der Waals surface area contributed by atoms with Gasteiger partial charge in [0.2, 0.25) is 5.91 Å². The number of rotatable bonds is 5. The number of aryl methyl sites for hydroxylation is 1. The first-order valence-corrected chi connectivity index (χ1v) is 12.0. The Morgan fingerprint density at radius 3 is 2.35 bits per heavy atom. The molecular formula is C27H28ClFN4O. The molecule has 2 aliphatic heterocycles. The number of fused-ring (bicyclic) bond motifs is 1. The van der Waals surface area contributed by atoms with Crippen LogP contribution in [0.4, 0.5) is 4.39 Å². The number of carbonyl (C=O) groups excluding carboxylic acids is 1. The Labute approximate surface area is 204 Å². The molecule has 4 N–H and O–H groups in total. The summed E-state index contributed by atoms with van der Waals surface area (Å²) in [5, 5.41) is 7.48. The second-order valence-electron chi connectivity index (χ2n) is 9.19. The SMILES string of the molecule is Cc1ccc(C2CC(C(=O)NCc3ccc(F)cc3)C3C(NNC3c3ccc(Cl)cc3)N2)cc1. The van der Waals surface area contributed by atoms with E-state index in [-0.39, 0.29) is 41.8 Å². The first kappa shape index (κ1) is 23.0. The van der Waals surface area contributed by atoms with Gasteiger partial charge in [-0.1, -0.05) is 65.7 Å². The summed E-state index contributed by atoms with van der Waals surface area (Å²) in [7, 11) is 0. The monoisotopic (exact) mass is 478 g/mol. The molecular weight excluding hydrogens is 451 g/mol. The highest BCUT2D eigenvalue weighted by Crippen LogP contribution is 2.42. The van der Waals surface area contributed by atoms with Gasteiger partial charge in [-0.05, 0) is 54.3 Å². The van der Waals surface area contributed by atoms with Crippen LogP contribution < -0.4 is 21.5 Å². The second-order valence-corrected chi connectivity index (χ2v) is 9.63. The van der Waals surface area contributed by atoms with Crippen molar-refractivity contribution in [3.63, 3.8) is 0 Å². The van der Waals surface area contributed by atoms with E-state index in [0.29, 0.717) is 18.0 Å². The van der Waals surface area contributed by atoms with Crippen LogP contribution in [0.15, 0.2) is 72.8 Å². The minimum absolute atomic E-state index is 0.00222. The minimum Gasteiger partial charge on any atom is -0.352 e. The Hall–Kier alpha value is -2.77. The molecule has 5 atom stereocenters. The van der Waals surface area contributed by atoms with E-state index in [2.05, 4.69) is 52.7 Å². The Morgan fingerprint density at radius 1 is 0.971 bits per heavy atom. The molecule has 0 bridgehead atoms. The highest BCUT2D eigenvalue weighted by Gasteiger charge is 2.49. The number of hydrazine groups is 1. The van der Waals surface area contributed by atoms with Gasteiger partial charge >= 0.3 is 0 Å². The van der Waals surface area contributed by atoms with E-state index in [1.165, 1.54) is 17.7 Å². The predicted octanol–water partition coefficient (Wildman–Crippen LogP) is 4.55. The maximum absolute atomic E-state index is 13.6. The number of benzene rings is 3. The van der Waals surface area contributed by atoms with Crippen LogP contribution in [-0.4, -0.2) is 12.1 Å². The summed E-state index contributed by atoms with van der Waals surface area (Å²) < 4.78 is 13.3. The van der Waals surface area contributed by atoms with Crippen molar-refractivity contribution in [1.29, 1.82) is 0 Å². The fraction of sp³-hybridized carbons (Fsp3) is 0.296. The molecule has 5 unspecified atom stereocenters. The molecule has 0 spiro atoms. The lowest BCUT2D eigenvalue weighted by Gasteiger charge is -2.40. The maximum Gasteiger partial charge on any atom is 0.223 e. The van der Waals surface area contributed by atoms with Crippen molar-refractivity contribution in [2.24, 2.45) is 11.8 Å². The van der Waals surface area contributed by atoms with Crippen molar-refractivity contribution >= 4 is 17.5 Å². The van der Waals surface area contributed by atoms with Gasteiger partial charge in [-0.3, -0.25) is 10.1 Å². The van der Waals surface area contributed by atoms with E-state index in [0.717, 1.165) is 16.7 Å². The van der Waals surface area contributed by atoms with Crippen LogP contribution in [0.5, 0.6) is 0 Å². The fourth-order valence-corrected chi connectivity index (χ4v) is 5.21. The Kier molecular flexibility index (Phi) is 6.66. The van der Waals surface area contributed by atoms with Crippen molar-refractivity contribution in [2.75, 3.05) is 0 Å². The number of amides is 1. The average molecular weight is 479 g/mol. The van der Waals surface area contributed by atoms with Crippen molar-refractivity contribution in [3.05, 3.63) is 106 Å². The first-order valence-electron chi connectivity index (χ1n) is 11.6. The third kappa shape index (κ3) is 4.86. The summed E-state index contributed by atoms with van der Waals surface area (Å²) in [6.07, 6.45) is 0.592. The third-order valence-electron chi connectivity index (χ3n) is 6.92. The summed E-state index contributed by atoms with van der Waals surface area (Å²) in [6, 6.07) is 22.4. The normalized spacial score (nSPS) is 26.1. The Balaban J connectivity index is 1.40. The molecule has 0 radical (unpaired) electrons. The number of carbonyl (C=O) groups is 1.